The Morgan fingerprint density at radius 3 is 2.45 bits per heavy atom. The van der Waals surface area contributed by atoms with Gasteiger partial charge in [0, 0.05) is 12.5 Å². The van der Waals surface area contributed by atoms with E-state index in [-0.39, 0.29) is 35.6 Å². The van der Waals surface area contributed by atoms with Crippen LogP contribution in [-0.4, -0.2) is 58.4 Å². The fourth-order valence-corrected chi connectivity index (χ4v) is 5.66. The minimum absolute atomic E-state index is 0.215. The summed E-state index contributed by atoms with van der Waals surface area (Å²) in [6.07, 6.45) is 0.783. The Labute approximate surface area is 255 Å². The zero-order chi connectivity index (χ0) is 31.4. The molecular formula is C33H37N3O8. The maximum atomic E-state index is 13.6. The summed E-state index contributed by atoms with van der Waals surface area (Å²) in [4.78, 5) is 38.8. The summed E-state index contributed by atoms with van der Waals surface area (Å²) in [6.45, 7) is 3.67. The standard InChI is InChI=1S/C33H37N3O8/c1-18(33(39)34-16-21-17-43-27-8-6-7-9-28(27)44-21)35-25-13-11-22-23(15-26(25)38)24(36-19(2)37)12-10-20-14-29(40-3)31(41-4)32(42-5)30(20)22/h6-9,11,13-15,18,21,24H,10,12,16-17H2,1-5H3,(H,34,39)(H,35,38)(H,36,37)/t18-,21+,24-/m0/s1. The molecule has 1 aliphatic carbocycles. The first-order valence-corrected chi connectivity index (χ1v) is 14.4. The first kappa shape index (κ1) is 30.5. The molecule has 0 saturated heterocycles. The molecule has 0 aromatic heterocycles. The summed E-state index contributed by atoms with van der Waals surface area (Å²) in [5.41, 5.74) is 2.90. The van der Waals surface area contributed by atoms with Crippen LogP contribution in [0.5, 0.6) is 28.7 Å². The van der Waals surface area contributed by atoms with E-state index < -0.39 is 12.1 Å². The van der Waals surface area contributed by atoms with Crippen molar-refractivity contribution in [2.24, 2.45) is 0 Å². The van der Waals surface area contributed by atoms with Crippen molar-refractivity contribution in [1.82, 2.24) is 10.6 Å². The fraction of sp³-hybridized carbons (Fsp3) is 0.364. The first-order valence-electron chi connectivity index (χ1n) is 14.4. The Balaban J connectivity index is 1.43. The molecule has 0 radical (unpaired) electrons. The summed E-state index contributed by atoms with van der Waals surface area (Å²) in [5.74, 6) is 2.18. The summed E-state index contributed by atoms with van der Waals surface area (Å²) in [7, 11) is 4.64. The molecule has 11 nitrogen and oxygen atoms in total. The Hall–Kier alpha value is -4.93. The third kappa shape index (κ3) is 6.22. The van der Waals surface area contributed by atoms with E-state index >= 15 is 0 Å². The number of hydrogen-bond donors (Lipinski definition) is 3. The summed E-state index contributed by atoms with van der Waals surface area (Å²) < 4.78 is 28.7. The molecule has 5 rings (SSSR count). The third-order valence-corrected chi connectivity index (χ3v) is 7.75. The number of anilines is 1. The Kier molecular flexibility index (Phi) is 9.12. The van der Waals surface area contributed by atoms with Crippen LogP contribution in [-0.2, 0) is 16.0 Å². The molecule has 3 aromatic rings. The maximum absolute atomic E-state index is 13.6. The van der Waals surface area contributed by atoms with Crippen LogP contribution in [0.15, 0.2) is 53.3 Å². The number of fused-ring (bicyclic) bond motifs is 4. The number of hydrogen-bond acceptors (Lipinski definition) is 9. The Morgan fingerprint density at radius 1 is 1.00 bits per heavy atom. The van der Waals surface area contributed by atoms with E-state index in [0.717, 1.165) is 11.1 Å². The topological polar surface area (TPSA) is 133 Å². The number of carbonyl (C=O) groups excluding carboxylic acids is 2. The van der Waals surface area contributed by atoms with Crippen molar-refractivity contribution in [3.63, 3.8) is 0 Å². The molecule has 2 amide bonds. The van der Waals surface area contributed by atoms with E-state index in [1.165, 1.54) is 20.1 Å². The predicted octanol–water partition coefficient (Wildman–Crippen LogP) is 3.62. The van der Waals surface area contributed by atoms with E-state index in [9.17, 15) is 14.4 Å². The van der Waals surface area contributed by atoms with Crippen LogP contribution in [0.3, 0.4) is 0 Å². The van der Waals surface area contributed by atoms with Crippen molar-refractivity contribution < 1.29 is 33.3 Å². The summed E-state index contributed by atoms with van der Waals surface area (Å²) in [6, 6.07) is 13.1. The molecule has 44 heavy (non-hydrogen) atoms. The molecule has 0 unspecified atom stereocenters. The van der Waals surface area contributed by atoms with Crippen molar-refractivity contribution in [2.45, 2.75) is 44.9 Å². The van der Waals surface area contributed by atoms with Crippen molar-refractivity contribution >= 4 is 17.5 Å². The Morgan fingerprint density at radius 2 is 1.75 bits per heavy atom. The molecule has 11 heteroatoms. The first-order chi connectivity index (χ1) is 21.2. The van der Waals surface area contributed by atoms with Gasteiger partial charge in [-0.3, -0.25) is 14.4 Å². The normalized spacial score (nSPS) is 17.1. The van der Waals surface area contributed by atoms with Crippen molar-refractivity contribution in [3.8, 4) is 39.9 Å². The van der Waals surface area contributed by atoms with Crippen LogP contribution in [0, 0.1) is 0 Å². The molecule has 3 N–H and O–H groups in total. The van der Waals surface area contributed by atoms with Crippen LogP contribution in [0.4, 0.5) is 5.69 Å². The highest BCUT2D eigenvalue weighted by molar-refractivity contribution is 5.85. The Bertz CT molecular complexity index is 1630. The van der Waals surface area contributed by atoms with Crippen LogP contribution < -0.4 is 45.1 Å². The van der Waals surface area contributed by atoms with E-state index in [4.69, 9.17) is 23.7 Å². The van der Waals surface area contributed by atoms with Gasteiger partial charge in [0.05, 0.1) is 39.6 Å². The number of nitrogens with one attached hydrogen (secondary N) is 3. The van der Waals surface area contributed by atoms with Crippen LogP contribution >= 0.6 is 0 Å². The van der Waals surface area contributed by atoms with Crippen LogP contribution in [0.2, 0.25) is 0 Å². The number of aryl methyl sites for hydroxylation is 1. The fourth-order valence-electron chi connectivity index (χ4n) is 5.66. The van der Waals surface area contributed by atoms with Gasteiger partial charge in [-0.1, -0.05) is 18.2 Å². The van der Waals surface area contributed by atoms with Gasteiger partial charge >= 0.3 is 0 Å². The van der Waals surface area contributed by atoms with Crippen LogP contribution in [0.1, 0.15) is 37.4 Å². The molecule has 1 aliphatic heterocycles. The molecular weight excluding hydrogens is 566 g/mol. The SMILES string of the molecule is COc1cc2c(c(OC)c1OC)-c1ccc(N[C@@H](C)C(=O)NC[C@@H]3COc4ccccc4O3)c(=O)cc1[C@@H](NC(C)=O)CC2. The smallest absolute Gasteiger partial charge is 0.242 e. The summed E-state index contributed by atoms with van der Waals surface area (Å²) >= 11 is 0. The van der Waals surface area contributed by atoms with Crippen molar-refractivity contribution in [3.05, 3.63) is 69.9 Å². The molecule has 1 heterocycles. The van der Waals surface area contributed by atoms with Crippen molar-refractivity contribution in [1.29, 1.82) is 0 Å². The largest absolute Gasteiger partial charge is 0.493 e. The number of methoxy groups -OCH3 is 3. The lowest BCUT2D eigenvalue weighted by Crippen LogP contribution is -2.45. The highest BCUT2D eigenvalue weighted by Gasteiger charge is 2.30. The predicted molar refractivity (Wildman–Crippen MR) is 165 cm³/mol. The van der Waals surface area contributed by atoms with Gasteiger partial charge in [-0.15, -0.1) is 0 Å². The maximum Gasteiger partial charge on any atom is 0.242 e. The number of para-hydroxylation sites is 2. The van der Waals surface area contributed by atoms with Gasteiger partial charge in [0.15, 0.2) is 23.0 Å². The minimum atomic E-state index is -0.737. The molecule has 2 aliphatic rings. The number of rotatable bonds is 9. The second-order valence-electron chi connectivity index (χ2n) is 10.7. The molecule has 3 atom stereocenters. The van der Waals surface area contributed by atoms with Gasteiger partial charge in [-0.05, 0) is 66.8 Å². The van der Waals surface area contributed by atoms with Gasteiger partial charge in [-0.2, -0.15) is 0 Å². The number of carbonyl (C=O) groups is 2. The molecule has 0 saturated carbocycles. The van der Waals surface area contributed by atoms with E-state index in [0.29, 0.717) is 59.3 Å². The third-order valence-electron chi connectivity index (χ3n) is 7.75. The highest BCUT2D eigenvalue weighted by atomic mass is 16.6. The second-order valence-corrected chi connectivity index (χ2v) is 10.7. The quantitative estimate of drug-likeness (QED) is 0.335. The van der Waals surface area contributed by atoms with E-state index in [1.54, 1.807) is 27.2 Å². The van der Waals surface area contributed by atoms with E-state index in [2.05, 4.69) is 16.0 Å². The molecule has 232 valence electrons. The number of benzene rings is 2. The van der Waals surface area contributed by atoms with Gasteiger partial charge in [-0.25, -0.2) is 0 Å². The lowest BCUT2D eigenvalue weighted by molar-refractivity contribution is -0.122. The molecule has 0 spiro atoms. The lowest BCUT2D eigenvalue weighted by Gasteiger charge is -2.27. The van der Waals surface area contributed by atoms with Gasteiger partial charge in [0.25, 0.3) is 0 Å². The highest BCUT2D eigenvalue weighted by Crippen LogP contribution is 2.50. The van der Waals surface area contributed by atoms with E-state index in [1.807, 2.05) is 36.4 Å². The van der Waals surface area contributed by atoms with Gasteiger partial charge in [0.2, 0.25) is 23.0 Å². The number of amides is 2. The molecule has 0 fully saturated rings. The van der Waals surface area contributed by atoms with Crippen LogP contribution in [0.25, 0.3) is 11.1 Å². The van der Waals surface area contributed by atoms with Gasteiger partial charge in [0.1, 0.15) is 18.8 Å². The summed E-state index contributed by atoms with van der Waals surface area (Å²) in [5, 5.41) is 8.93. The second kappa shape index (κ2) is 13.2. The van der Waals surface area contributed by atoms with Crippen molar-refractivity contribution in [2.75, 3.05) is 39.8 Å². The average Bonchev–Trinajstić information content (AvgIpc) is 3.26. The monoisotopic (exact) mass is 603 g/mol. The molecule has 0 bridgehead atoms. The minimum Gasteiger partial charge on any atom is -0.493 e. The zero-order valence-corrected chi connectivity index (χ0v) is 25.4. The average molecular weight is 604 g/mol. The lowest BCUT2D eigenvalue weighted by atomic mass is 9.95. The molecule has 3 aromatic carbocycles. The zero-order valence-electron chi connectivity index (χ0n) is 25.4. The number of ether oxygens (including phenoxy) is 5. The van der Waals surface area contributed by atoms with Gasteiger partial charge < -0.3 is 39.6 Å².